The summed E-state index contributed by atoms with van der Waals surface area (Å²) in [6.45, 7) is 0.149. The first-order valence-electron chi connectivity index (χ1n) is 11.1. The van der Waals surface area contributed by atoms with Crippen molar-refractivity contribution < 1.29 is 17.9 Å². The molecule has 6 heteroatoms. The Morgan fingerprint density at radius 2 is 1.31 bits per heavy atom. The number of ketones is 1. The Balaban J connectivity index is 1.46. The van der Waals surface area contributed by atoms with Gasteiger partial charge in [0, 0.05) is 15.6 Å². The van der Waals surface area contributed by atoms with Crippen molar-refractivity contribution in [2.45, 2.75) is 17.3 Å². The molecule has 0 aliphatic rings. The maximum Gasteiger partial charge on any atom is 0.206 e. The third-order valence-electron chi connectivity index (χ3n) is 5.73. The highest BCUT2D eigenvalue weighted by atomic mass is 32.2. The number of thiophene rings is 1. The van der Waals surface area contributed by atoms with Crippen LogP contribution < -0.4 is 4.74 Å². The fourth-order valence-electron chi connectivity index (χ4n) is 3.94. The first kappa shape index (κ1) is 23.0. The molecule has 1 aromatic heterocycles. The van der Waals surface area contributed by atoms with Gasteiger partial charge in [0.2, 0.25) is 5.78 Å². The monoisotopic (exact) mass is 498 g/mol. The second-order valence-corrected chi connectivity index (χ2v) is 11.1. The van der Waals surface area contributed by atoms with Gasteiger partial charge < -0.3 is 4.74 Å². The quantitative estimate of drug-likeness (QED) is 0.224. The van der Waals surface area contributed by atoms with Gasteiger partial charge in [-0.25, -0.2) is 8.42 Å². The third kappa shape index (κ3) is 4.90. The average Bonchev–Trinajstić information content (AvgIpc) is 3.27. The van der Waals surface area contributed by atoms with Crippen molar-refractivity contribution in [3.63, 3.8) is 0 Å². The summed E-state index contributed by atoms with van der Waals surface area (Å²) in [6.07, 6.45) is 0. The molecule has 4 nitrogen and oxygen atoms in total. The fraction of sp³-hybridized carbons (Fsp3) is 0.0690. The van der Waals surface area contributed by atoms with Gasteiger partial charge >= 0.3 is 0 Å². The standard InChI is InChI=1S/C29H22O4S2/c30-27(21-11-3-1-4-12-21)29-28(25-17-9-10-18-26(25)34-29)33-19-22-13-7-8-14-23(22)20-35(31,32)24-15-5-2-6-16-24/h1-18H,19-20H2. The van der Waals surface area contributed by atoms with Crippen molar-refractivity contribution in [2.75, 3.05) is 0 Å². The van der Waals surface area contributed by atoms with Gasteiger partial charge in [0.15, 0.2) is 9.84 Å². The Morgan fingerprint density at radius 3 is 2.06 bits per heavy atom. The first-order chi connectivity index (χ1) is 17.0. The molecule has 0 saturated carbocycles. The van der Waals surface area contributed by atoms with E-state index in [4.69, 9.17) is 4.74 Å². The van der Waals surface area contributed by atoms with Crippen LogP contribution in [0.3, 0.4) is 0 Å². The molecule has 1 heterocycles. The van der Waals surface area contributed by atoms with Gasteiger partial charge in [-0.3, -0.25) is 4.79 Å². The molecule has 5 aromatic rings. The molecule has 174 valence electrons. The molecule has 0 aliphatic heterocycles. The van der Waals surface area contributed by atoms with Gasteiger partial charge in [0.05, 0.1) is 10.6 Å². The topological polar surface area (TPSA) is 60.4 Å². The van der Waals surface area contributed by atoms with Crippen LogP contribution in [0.1, 0.15) is 26.4 Å². The molecule has 0 unspecified atom stereocenters. The molecule has 5 rings (SSSR count). The first-order valence-corrected chi connectivity index (χ1v) is 13.6. The van der Waals surface area contributed by atoms with Crippen LogP contribution in [0, 0.1) is 0 Å². The van der Waals surface area contributed by atoms with E-state index in [1.54, 1.807) is 48.5 Å². The SMILES string of the molecule is O=C(c1ccccc1)c1sc2ccccc2c1OCc1ccccc1CS(=O)(=O)c1ccccc1. The Bertz CT molecular complexity index is 1590. The van der Waals surface area contributed by atoms with Crippen molar-refractivity contribution >= 4 is 37.0 Å². The third-order valence-corrected chi connectivity index (χ3v) is 8.56. The Labute approximate surface area is 208 Å². The predicted octanol–water partition coefficient (Wildman–Crippen LogP) is 6.69. The lowest BCUT2D eigenvalue weighted by molar-refractivity contribution is 0.103. The van der Waals surface area contributed by atoms with Crippen LogP contribution in [0.4, 0.5) is 0 Å². The molecular formula is C29H22O4S2. The van der Waals surface area contributed by atoms with Crippen LogP contribution in [-0.4, -0.2) is 14.2 Å². The maximum atomic E-state index is 13.3. The van der Waals surface area contributed by atoms with Gasteiger partial charge in [0.25, 0.3) is 0 Å². The molecule has 0 radical (unpaired) electrons. The highest BCUT2D eigenvalue weighted by molar-refractivity contribution is 7.90. The van der Waals surface area contributed by atoms with E-state index in [2.05, 4.69) is 0 Å². The van der Waals surface area contributed by atoms with E-state index in [9.17, 15) is 13.2 Å². The number of ether oxygens (including phenoxy) is 1. The summed E-state index contributed by atoms with van der Waals surface area (Å²) in [7, 11) is -3.51. The van der Waals surface area contributed by atoms with Gasteiger partial charge in [-0.15, -0.1) is 11.3 Å². The minimum Gasteiger partial charge on any atom is -0.487 e. The van der Waals surface area contributed by atoms with Crippen molar-refractivity contribution in [2.24, 2.45) is 0 Å². The average molecular weight is 499 g/mol. The lowest BCUT2D eigenvalue weighted by Gasteiger charge is -2.13. The molecule has 0 N–H and O–H groups in total. The zero-order valence-corrected chi connectivity index (χ0v) is 20.4. The van der Waals surface area contributed by atoms with E-state index in [-0.39, 0.29) is 23.0 Å². The Kier molecular flexibility index (Phi) is 6.49. The van der Waals surface area contributed by atoms with Crippen LogP contribution in [0.5, 0.6) is 5.75 Å². The number of fused-ring (bicyclic) bond motifs is 1. The summed E-state index contributed by atoms with van der Waals surface area (Å²) in [6, 6.07) is 32.7. The molecule has 35 heavy (non-hydrogen) atoms. The van der Waals surface area contributed by atoms with Crippen molar-refractivity contribution in [3.8, 4) is 5.75 Å². The molecule has 0 aliphatic carbocycles. The smallest absolute Gasteiger partial charge is 0.206 e. The minimum absolute atomic E-state index is 0.0956. The predicted molar refractivity (Wildman–Crippen MR) is 140 cm³/mol. The Hall–Kier alpha value is -3.74. The van der Waals surface area contributed by atoms with Crippen molar-refractivity contribution in [3.05, 3.63) is 131 Å². The lowest BCUT2D eigenvalue weighted by atomic mass is 10.1. The highest BCUT2D eigenvalue weighted by Gasteiger charge is 2.22. The number of rotatable bonds is 8. The number of benzene rings is 4. The van der Waals surface area contributed by atoms with E-state index in [0.29, 0.717) is 21.8 Å². The van der Waals surface area contributed by atoms with Crippen LogP contribution in [0.15, 0.2) is 114 Å². The van der Waals surface area contributed by atoms with Gasteiger partial charge in [-0.1, -0.05) is 84.9 Å². The summed E-state index contributed by atoms with van der Waals surface area (Å²) < 4.78 is 33.2. The zero-order valence-electron chi connectivity index (χ0n) is 18.8. The lowest BCUT2D eigenvalue weighted by Crippen LogP contribution is -2.09. The van der Waals surface area contributed by atoms with E-state index in [0.717, 1.165) is 15.6 Å². The summed E-state index contributed by atoms with van der Waals surface area (Å²) in [5.74, 6) is 0.304. The van der Waals surface area contributed by atoms with Crippen LogP contribution >= 0.6 is 11.3 Å². The zero-order chi connectivity index (χ0) is 24.3. The van der Waals surface area contributed by atoms with E-state index in [1.165, 1.54) is 11.3 Å². The number of carbonyl (C=O) groups is 1. The molecule has 0 saturated heterocycles. The van der Waals surface area contributed by atoms with Crippen molar-refractivity contribution in [1.29, 1.82) is 0 Å². The molecule has 0 spiro atoms. The molecular weight excluding hydrogens is 476 g/mol. The molecule has 0 amide bonds. The van der Waals surface area contributed by atoms with Gasteiger partial charge in [0.1, 0.15) is 17.2 Å². The number of sulfone groups is 1. The fourth-order valence-corrected chi connectivity index (χ4v) is 6.48. The second-order valence-electron chi connectivity index (χ2n) is 8.08. The number of hydrogen-bond acceptors (Lipinski definition) is 5. The van der Waals surface area contributed by atoms with Gasteiger partial charge in [-0.05, 0) is 35.4 Å². The minimum atomic E-state index is -3.51. The molecule has 0 atom stereocenters. The van der Waals surface area contributed by atoms with Gasteiger partial charge in [-0.2, -0.15) is 0 Å². The molecule has 4 aromatic carbocycles. The Morgan fingerprint density at radius 1 is 0.714 bits per heavy atom. The summed E-state index contributed by atoms with van der Waals surface area (Å²) in [4.78, 5) is 14.1. The van der Waals surface area contributed by atoms with E-state index < -0.39 is 9.84 Å². The van der Waals surface area contributed by atoms with E-state index in [1.807, 2.05) is 60.7 Å². The van der Waals surface area contributed by atoms with Crippen LogP contribution in [-0.2, 0) is 22.2 Å². The number of carbonyl (C=O) groups excluding carboxylic acids is 1. The number of hydrogen-bond donors (Lipinski definition) is 0. The largest absolute Gasteiger partial charge is 0.487 e. The normalized spacial score (nSPS) is 11.4. The summed E-state index contributed by atoms with van der Waals surface area (Å²) in [5.41, 5.74) is 2.03. The highest BCUT2D eigenvalue weighted by Crippen LogP contribution is 2.39. The molecule has 0 fully saturated rings. The maximum absolute atomic E-state index is 13.3. The van der Waals surface area contributed by atoms with E-state index >= 15 is 0 Å². The van der Waals surface area contributed by atoms with Crippen LogP contribution in [0.2, 0.25) is 0 Å². The summed E-state index contributed by atoms with van der Waals surface area (Å²) >= 11 is 1.40. The van der Waals surface area contributed by atoms with Crippen molar-refractivity contribution in [1.82, 2.24) is 0 Å². The van der Waals surface area contributed by atoms with Crippen LogP contribution in [0.25, 0.3) is 10.1 Å². The second kappa shape index (κ2) is 9.86. The molecule has 0 bridgehead atoms. The summed E-state index contributed by atoms with van der Waals surface area (Å²) in [5, 5.41) is 0.867.